The number of aromatic nitrogens is 2. The summed E-state index contributed by atoms with van der Waals surface area (Å²) >= 11 is 0. The smallest absolute Gasteiger partial charge is 0.141 e. The molecule has 0 radical (unpaired) electrons. The van der Waals surface area contributed by atoms with Gasteiger partial charge in [0.05, 0.1) is 0 Å². The van der Waals surface area contributed by atoms with E-state index in [9.17, 15) is 0 Å². The Morgan fingerprint density at radius 2 is 2.36 bits per heavy atom. The summed E-state index contributed by atoms with van der Waals surface area (Å²) in [6.07, 6.45) is 5.87. The first-order valence-electron chi connectivity index (χ1n) is 4.08. The fraction of sp³-hybridized carbons (Fsp3) is 0.625. The van der Waals surface area contributed by atoms with Gasteiger partial charge >= 0.3 is 0 Å². The topological polar surface area (TPSA) is 43.8 Å². The Morgan fingerprint density at radius 3 is 2.73 bits per heavy atom. The molecular weight excluding hydrogens is 138 g/mol. The summed E-state index contributed by atoms with van der Waals surface area (Å²) in [7, 11) is 0. The molecule has 11 heavy (non-hydrogen) atoms. The minimum absolute atomic E-state index is 0.648. The molecule has 1 aliphatic rings. The zero-order valence-corrected chi connectivity index (χ0v) is 6.75. The van der Waals surface area contributed by atoms with E-state index in [1.807, 2.05) is 13.1 Å². The summed E-state index contributed by atoms with van der Waals surface area (Å²) < 4.78 is 2.19. The van der Waals surface area contributed by atoms with Crippen LogP contribution in [0.4, 0.5) is 5.82 Å². The highest BCUT2D eigenvalue weighted by atomic mass is 15.1. The van der Waals surface area contributed by atoms with Gasteiger partial charge in [-0.15, -0.1) is 0 Å². The number of hydrogen-bond donors (Lipinski definition) is 1. The van der Waals surface area contributed by atoms with Gasteiger partial charge in [0.2, 0.25) is 0 Å². The molecule has 1 aliphatic carbocycles. The van der Waals surface area contributed by atoms with Crippen molar-refractivity contribution in [3.8, 4) is 0 Å². The van der Waals surface area contributed by atoms with E-state index in [2.05, 4.69) is 9.55 Å². The lowest BCUT2D eigenvalue weighted by molar-refractivity contribution is 0.309. The van der Waals surface area contributed by atoms with Gasteiger partial charge < -0.3 is 10.3 Å². The molecule has 2 N–H and O–H groups in total. The number of anilines is 1. The fourth-order valence-corrected chi connectivity index (χ4v) is 1.54. The molecule has 1 aromatic rings. The molecule has 0 atom stereocenters. The first kappa shape index (κ1) is 6.70. The first-order chi connectivity index (χ1) is 5.27. The number of rotatable bonds is 1. The maximum Gasteiger partial charge on any atom is 0.141 e. The summed E-state index contributed by atoms with van der Waals surface area (Å²) in [5.41, 5.74) is 5.56. The number of nitrogens with two attached hydrogens (primary N) is 1. The van der Waals surface area contributed by atoms with Crippen LogP contribution in [0.1, 0.15) is 31.1 Å². The van der Waals surface area contributed by atoms with E-state index in [4.69, 9.17) is 5.73 Å². The van der Waals surface area contributed by atoms with Gasteiger partial charge in [0, 0.05) is 12.2 Å². The summed E-state index contributed by atoms with van der Waals surface area (Å²) in [5, 5.41) is 0. The highest BCUT2D eigenvalue weighted by Crippen LogP contribution is 2.32. The third-order valence-corrected chi connectivity index (χ3v) is 2.40. The second kappa shape index (κ2) is 2.26. The molecule has 0 amide bonds. The van der Waals surface area contributed by atoms with Crippen molar-refractivity contribution in [3.05, 3.63) is 12.0 Å². The van der Waals surface area contributed by atoms with E-state index in [1.54, 1.807) is 0 Å². The highest BCUT2D eigenvalue weighted by molar-refractivity contribution is 5.26. The number of hydrogen-bond acceptors (Lipinski definition) is 2. The second-order valence-electron chi connectivity index (χ2n) is 3.20. The molecule has 0 aliphatic heterocycles. The Morgan fingerprint density at radius 1 is 1.64 bits per heavy atom. The van der Waals surface area contributed by atoms with E-state index < -0.39 is 0 Å². The molecule has 1 saturated carbocycles. The van der Waals surface area contributed by atoms with E-state index >= 15 is 0 Å². The van der Waals surface area contributed by atoms with Crippen molar-refractivity contribution in [2.45, 2.75) is 32.2 Å². The van der Waals surface area contributed by atoms with Crippen LogP contribution in [0.15, 0.2) is 6.20 Å². The summed E-state index contributed by atoms with van der Waals surface area (Å²) in [6, 6.07) is 0.680. The molecule has 60 valence electrons. The molecule has 3 heteroatoms. The monoisotopic (exact) mass is 151 g/mol. The second-order valence-corrected chi connectivity index (χ2v) is 3.20. The van der Waals surface area contributed by atoms with Crippen molar-refractivity contribution < 1.29 is 0 Å². The fourth-order valence-electron chi connectivity index (χ4n) is 1.54. The van der Waals surface area contributed by atoms with Crippen LogP contribution < -0.4 is 5.73 Å². The lowest BCUT2D eigenvalue weighted by atomic mass is 9.93. The minimum atomic E-state index is 0.648. The van der Waals surface area contributed by atoms with Crippen LogP contribution in [0.5, 0.6) is 0 Å². The largest absolute Gasteiger partial charge is 0.382 e. The van der Waals surface area contributed by atoms with Crippen LogP contribution in [0.3, 0.4) is 0 Å². The SMILES string of the molecule is Cc1nc(N)cn1C1CCC1. The van der Waals surface area contributed by atoms with Crippen molar-refractivity contribution in [2.75, 3.05) is 5.73 Å². The molecule has 1 fully saturated rings. The summed E-state index contributed by atoms with van der Waals surface area (Å²) in [5.74, 6) is 1.70. The van der Waals surface area contributed by atoms with Gasteiger partial charge in [-0.25, -0.2) is 4.98 Å². The van der Waals surface area contributed by atoms with Crippen LogP contribution >= 0.6 is 0 Å². The predicted molar refractivity (Wildman–Crippen MR) is 44.3 cm³/mol. The maximum atomic E-state index is 5.56. The van der Waals surface area contributed by atoms with E-state index in [1.165, 1.54) is 19.3 Å². The number of aryl methyl sites for hydroxylation is 1. The molecule has 1 aromatic heterocycles. The van der Waals surface area contributed by atoms with Crippen molar-refractivity contribution >= 4 is 5.82 Å². The number of nitrogens with zero attached hydrogens (tertiary/aromatic N) is 2. The first-order valence-corrected chi connectivity index (χ1v) is 4.08. The number of nitrogen functional groups attached to an aromatic ring is 1. The van der Waals surface area contributed by atoms with E-state index in [-0.39, 0.29) is 0 Å². The average molecular weight is 151 g/mol. The van der Waals surface area contributed by atoms with Crippen molar-refractivity contribution in [3.63, 3.8) is 0 Å². The minimum Gasteiger partial charge on any atom is -0.382 e. The van der Waals surface area contributed by atoms with Gasteiger partial charge in [-0.3, -0.25) is 0 Å². The zero-order chi connectivity index (χ0) is 7.84. The van der Waals surface area contributed by atoms with Gasteiger partial charge in [-0.05, 0) is 26.2 Å². The molecule has 0 unspecified atom stereocenters. The highest BCUT2D eigenvalue weighted by Gasteiger charge is 2.20. The van der Waals surface area contributed by atoms with Gasteiger partial charge in [0.25, 0.3) is 0 Å². The normalized spacial score (nSPS) is 18.3. The van der Waals surface area contributed by atoms with Crippen molar-refractivity contribution in [1.29, 1.82) is 0 Å². The molecule has 1 heterocycles. The zero-order valence-electron chi connectivity index (χ0n) is 6.75. The number of imidazole rings is 1. The Hall–Kier alpha value is -0.990. The lowest BCUT2D eigenvalue weighted by Crippen LogP contribution is -2.17. The van der Waals surface area contributed by atoms with Crippen molar-refractivity contribution in [2.24, 2.45) is 0 Å². The quantitative estimate of drug-likeness (QED) is 0.661. The molecular formula is C8H13N3. The molecule has 2 rings (SSSR count). The summed E-state index contributed by atoms with van der Waals surface area (Å²) in [6.45, 7) is 2.01. The molecule has 0 saturated heterocycles. The molecule has 0 bridgehead atoms. The van der Waals surface area contributed by atoms with Crippen LogP contribution in [0.2, 0.25) is 0 Å². The van der Waals surface area contributed by atoms with Gasteiger partial charge in [0.1, 0.15) is 11.6 Å². The third kappa shape index (κ3) is 1.00. The molecule has 0 spiro atoms. The van der Waals surface area contributed by atoms with E-state index in [0.29, 0.717) is 11.9 Å². The lowest BCUT2D eigenvalue weighted by Gasteiger charge is -2.27. The van der Waals surface area contributed by atoms with Crippen molar-refractivity contribution in [1.82, 2.24) is 9.55 Å². The predicted octanol–water partition coefficient (Wildman–Crippen LogP) is 1.50. The maximum absolute atomic E-state index is 5.56. The van der Waals surface area contributed by atoms with Crippen LogP contribution in [-0.4, -0.2) is 9.55 Å². The van der Waals surface area contributed by atoms with Crippen LogP contribution in [0.25, 0.3) is 0 Å². The summed E-state index contributed by atoms with van der Waals surface area (Å²) in [4.78, 5) is 4.15. The van der Waals surface area contributed by atoms with Gasteiger partial charge in [-0.2, -0.15) is 0 Å². The van der Waals surface area contributed by atoms with Crippen LogP contribution in [-0.2, 0) is 0 Å². The standard InChI is InChI=1S/C8H13N3/c1-6-10-8(9)5-11(6)7-3-2-4-7/h5,7H,2-4,9H2,1H3. The van der Waals surface area contributed by atoms with E-state index in [0.717, 1.165) is 5.82 Å². The van der Waals surface area contributed by atoms with Crippen LogP contribution in [0, 0.1) is 6.92 Å². The Labute approximate surface area is 66.2 Å². The Kier molecular flexibility index (Phi) is 1.37. The third-order valence-electron chi connectivity index (χ3n) is 2.40. The molecule has 3 nitrogen and oxygen atoms in total. The Balaban J connectivity index is 2.28. The molecule has 0 aromatic carbocycles. The van der Waals surface area contributed by atoms with Gasteiger partial charge in [-0.1, -0.05) is 0 Å². The average Bonchev–Trinajstić information content (AvgIpc) is 2.07. The van der Waals surface area contributed by atoms with Gasteiger partial charge in [0.15, 0.2) is 0 Å². The Bertz CT molecular complexity index is 260.